The van der Waals surface area contributed by atoms with Crippen LogP contribution in [0.2, 0.25) is 0 Å². The molecule has 0 amide bonds. The highest BCUT2D eigenvalue weighted by Gasteiger charge is 2.24. The fraction of sp³-hybridized carbons (Fsp3) is 0.450. The van der Waals surface area contributed by atoms with Crippen LogP contribution in [0, 0.1) is 19.8 Å². The summed E-state index contributed by atoms with van der Waals surface area (Å²) < 4.78 is 0. The molecule has 5 heteroatoms. The topological polar surface area (TPSA) is 40.5 Å². The van der Waals surface area contributed by atoms with Crippen molar-refractivity contribution in [3.63, 3.8) is 0 Å². The minimum absolute atomic E-state index is 0.228. The first-order chi connectivity index (χ1) is 12.1. The van der Waals surface area contributed by atoms with Gasteiger partial charge in [-0.15, -0.1) is 22.7 Å². The summed E-state index contributed by atoms with van der Waals surface area (Å²) in [6.45, 7) is 5.97. The number of rotatable bonds is 6. The predicted molar refractivity (Wildman–Crippen MR) is 106 cm³/mol. The number of likely N-dealkylation sites (tertiary alicyclic amines) is 1. The van der Waals surface area contributed by atoms with Gasteiger partial charge in [-0.25, -0.2) is 0 Å². The maximum atomic E-state index is 11.2. The van der Waals surface area contributed by atoms with Crippen LogP contribution in [0.25, 0.3) is 0 Å². The van der Waals surface area contributed by atoms with E-state index in [2.05, 4.69) is 53.9 Å². The molecule has 0 saturated carbocycles. The smallest absolute Gasteiger partial charge is 0.308 e. The van der Waals surface area contributed by atoms with Crippen molar-refractivity contribution in [3.8, 4) is 0 Å². The molecule has 3 nitrogen and oxygen atoms in total. The summed E-state index contributed by atoms with van der Waals surface area (Å²) in [5.74, 6) is -0.496. The summed E-state index contributed by atoms with van der Waals surface area (Å²) in [7, 11) is 0. The Balaban J connectivity index is 1.72. The minimum Gasteiger partial charge on any atom is -0.481 e. The van der Waals surface area contributed by atoms with Crippen LogP contribution in [0.3, 0.4) is 0 Å². The van der Waals surface area contributed by atoms with Gasteiger partial charge in [-0.2, -0.15) is 0 Å². The molecule has 0 radical (unpaired) electrons. The molecule has 1 saturated heterocycles. The maximum Gasteiger partial charge on any atom is 0.308 e. The van der Waals surface area contributed by atoms with E-state index in [1.807, 2.05) is 22.7 Å². The summed E-state index contributed by atoms with van der Waals surface area (Å²) in [4.78, 5) is 16.3. The van der Waals surface area contributed by atoms with E-state index >= 15 is 0 Å². The van der Waals surface area contributed by atoms with Crippen LogP contribution in [-0.2, 0) is 4.79 Å². The second-order valence-electron chi connectivity index (χ2n) is 6.78. The molecule has 0 aliphatic carbocycles. The first-order valence-electron chi connectivity index (χ1n) is 8.77. The number of piperidine rings is 1. The Kier molecular flexibility index (Phi) is 5.97. The Morgan fingerprint density at radius 1 is 1.28 bits per heavy atom. The van der Waals surface area contributed by atoms with Crippen LogP contribution in [0.1, 0.15) is 46.1 Å². The molecule has 134 valence electrons. The number of hydrogen-bond acceptors (Lipinski definition) is 4. The summed E-state index contributed by atoms with van der Waals surface area (Å²) in [5, 5.41) is 13.6. The van der Waals surface area contributed by atoms with E-state index in [-0.39, 0.29) is 5.92 Å². The van der Waals surface area contributed by atoms with Crippen LogP contribution in [0.5, 0.6) is 0 Å². The number of hydrogen-bond donors (Lipinski definition) is 1. The molecule has 2 aromatic heterocycles. The summed E-state index contributed by atoms with van der Waals surface area (Å²) in [6.07, 6.45) is 7.06. The fourth-order valence-corrected chi connectivity index (χ4v) is 5.68. The lowest BCUT2D eigenvalue weighted by atomic mass is 9.96. The summed E-state index contributed by atoms with van der Waals surface area (Å²) in [5.41, 5.74) is 2.72. The first-order valence-corrected chi connectivity index (χ1v) is 10.5. The van der Waals surface area contributed by atoms with Crippen molar-refractivity contribution in [1.29, 1.82) is 0 Å². The van der Waals surface area contributed by atoms with Crippen molar-refractivity contribution in [3.05, 3.63) is 56.1 Å². The van der Waals surface area contributed by atoms with Gasteiger partial charge < -0.3 is 10.0 Å². The maximum absolute atomic E-state index is 11.2. The Hall–Kier alpha value is -1.59. The molecule has 1 aliphatic heterocycles. The van der Waals surface area contributed by atoms with Crippen molar-refractivity contribution < 1.29 is 9.90 Å². The predicted octanol–water partition coefficient (Wildman–Crippen LogP) is 5.26. The van der Waals surface area contributed by atoms with Crippen molar-refractivity contribution in [1.82, 2.24) is 4.90 Å². The highest BCUT2D eigenvalue weighted by Crippen LogP contribution is 2.38. The Labute approximate surface area is 157 Å². The van der Waals surface area contributed by atoms with Gasteiger partial charge >= 0.3 is 5.97 Å². The number of carbonyl (C=O) groups is 1. The minimum atomic E-state index is -0.667. The number of thiophene rings is 2. The molecule has 1 atom stereocenters. The fourth-order valence-electron chi connectivity index (χ4n) is 3.51. The number of allylic oxidation sites excluding steroid dienone is 1. The number of nitrogens with zero attached hydrogens (tertiary/aromatic N) is 1. The number of aryl methyl sites for hydroxylation is 2. The lowest BCUT2D eigenvalue weighted by Crippen LogP contribution is -2.35. The standard InChI is InChI=1S/C20H25NO2S2/c1-14-7-11-24-18(14)17(19-15(2)8-12-25-19)6-4-10-21-9-3-5-16(13-21)20(22)23/h4,7-8,10-12,16-17H,3,5-6,9,13H2,1-2H3,(H,22,23)/t16-/m1/s1. The van der Waals surface area contributed by atoms with Gasteiger partial charge in [0.1, 0.15) is 0 Å². The van der Waals surface area contributed by atoms with E-state index in [0.717, 1.165) is 25.8 Å². The van der Waals surface area contributed by atoms with Crippen LogP contribution in [0.15, 0.2) is 35.2 Å². The Bertz CT molecular complexity index is 706. The van der Waals surface area contributed by atoms with Crippen molar-refractivity contribution in [2.45, 2.75) is 39.0 Å². The molecule has 3 heterocycles. The third-order valence-electron chi connectivity index (χ3n) is 4.93. The molecule has 1 aliphatic rings. The number of carboxylic acids is 1. The van der Waals surface area contributed by atoms with E-state index < -0.39 is 5.97 Å². The molecule has 0 bridgehead atoms. The van der Waals surface area contributed by atoms with Crippen LogP contribution in [0.4, 0.5) is 0 Å². The van der Waals surface area contributed by atoms with Crippen molar-refractivity contribution >= 4 is 28.6 Å². The third kappa shape index (κ3) is 4.33. The highest BCUT2D eigenvalue weighted by molar-refractivity contribution is 7.11. The lowest BCUT2D eigenvalue weighted by molar-refractivity contribution is -0.143. The largest absolute Gasteiger partial charge is 0.481 e. The van der Waals surface area contributed by atoms with Crippen LogP contribution < -0.4 is 0 Å². The normalized spacial score (nSPS) is 18.4. The Morgan fingerprint density at radius 3 is 2.44 bits per heavy atom. The average Bonchev–Trinajstić information content (AvgIpc) is 3.21. The zero-order valence-corrected chi connectivity index (χ0v) is 16.4. The van der Waals surface area contributed by atoms with Gasteiger partial charge in [-0.1, -0.05) is 6.08 Å². The lowest BCUT2D eigenvalue weighted by Gasteiger charge is -2.29. The highest BCUT2D eigenvalue weighted by atomic mass is 32.1. The third-order valence-corrected chi connectivity index (χ3v) is 7.19. The molecular formula is C20H25NO2S2. The van der Waals surface area contributed by atoms with Gasteiger partial charge in [0.05, 0.1) is 5.92 Å². The SMILES string of the molecule is Cc1ccsc1C(CC=CN1CCC[C@@H](C(=O)O)C1)c1sccc1C. The van der Waals surface area contributed by atoms with Crippen LogP contribution in [-0.4, -0.2) is 29.1 Å². The van der Waals surface area contributed by atoms with Gasteiger partial charge in [0.2, 0.25) is 0 Å². The van der Waals surface area contributed by atoms with Crippen molar-refractivity contribution in [2.75, 3.05) is 13.1 Å². The summed E-state index contributed by atoms with van der Waals surface area (Å²) in [6, 6.07) is 4.39. The molecule has 0 aromatic carbocycles. The second kappa shape index (κ2) is 8.19. The quantitative estimate of drug-likeness (QED) is 0.749. The van der Waals surface area contributed by atoms with E-state index in [9.17, 15) is 9.90 Å². The molecule has 2 aromatic rings. The van der Waals surface area contributed by atoms with E-state index in [1.165, 1.54) is 20.9 Å². The van der Waals surface area contributed by atoms with Gasteiger partial charge in [-0.05, 0) is 73.3 Å². The molecule has 1 N–H and O–H groups in total. The molecule has 25 heavy (non-hydrogen) atoms. The molecule has 1 fully saturated rings. The van der Waals surface area contributed by atoms with E-state index in [4.69, 9.17) is 0 Å². The van der Waals surface area contributed by atoms with Gasteiger partial charge in [0, 0.05) is 28.8 Å². The zero-order chi connectivity index (χ0) is 17.8. The summed E-state index contributed by atoms with van der Waals surface area (Å²) >= 11 is 3.67. The van der Waals surface area contributed by atoms with Gasteiger partial charge in [0.25, 0.3) is 0 Å². The first kappa shape index (κ1) is 18.2. The van der Waals surface area contributed by atoms with E-state index in [1.54, 1.807) is 0 Å². The molecule has 3 rings (SSSR count). The monoisotopic (exact) mass is 375 g/mol. The zero-order valence-electron chi connectivity index (χ0n) is 14.8. The molecular weight excluding hydrogens is 350 g/mol. The number of aliphatic carboxylic acids is 1. The van der Waals surface area contributed by atoms with Gasteiger partial charge in [0.15, 0.2) is 0 Å². The Morgan fingerprint density at radius 2 is 1.92 bits per heavy atom. The van der Waals surface area contributed by atoms with Crippen molar-refractivity contribution in [2.24, 2.45) is 5.92 Å². The number of carboxylic acid groups (broad SMARTS) is 1. The molecule has 0 spiro atoms. The average molecular weight is 376 g/mol. The van der Waals surface area contributed by atoms with Gasteiger partial charge in [-0.3, -0.25) is 4.79 Å². The van der Waals surface area contributed by atoms with E-state index in [0.29, 0.717) is 12.5 Å². The molecule has 0 unspecified atom stereocenters. The second-order valence-corrected chi connectivity index (χ2v) is 8.68. The van der Waals surface area contributed by atoms with Crippen LogP contribution >= 0.6 is 22.7 Å².